The summed E-state index contributed by atoms with van der Waals surface area (Å²) in [6.45, 7) is 4.15. The van der Waals surface area contributed by atoms with Crippen molar-refractivity contribution in [1.82, 2.24) is 0 Å². The number of rotatable bonds is 4. The Morgan fingerprint density at radius 1 is 1.08 bits per heavy atom. The summed E-state index contributed by atoms with van der Waals surface area (Å²) in [5, 5.41) is 58.2. The van der Waals surface area contributed by atoms with Crippen LogP contribution in [0.2, 0.25) is 0 Å². The predicted molar refractivity (Wildman–Crippen MR) is 138 cm³/mol. The molecule has 2 aliphatic heterocycles. The summed E-state index contributed by atoms with van der Waals surface area (Å²) in [6, 6.07) is 0. The van der Waals surface area contributed by atoms with Crippen molar-refractivity contribution in [3.63, 3.8) is 0 Å². The summed E-state index contributed by atoms with van der Waals surface area (Å²) >= 11 is 0. The first-order valence-corrected chi connectivity index (χ1v) is 14.6. The zero-order chi connectivity index (χ0) is 27.8. The number of carbonyl (C=O) groups is 1. The van der Waals surface area contributed by atoms with Crippen molar-refractivity contribution in [2.75, 3.05) is 6.61 Å². The number of aliphatic hydroxyl groups excluding tert-OH is 2. The molecule has 0 aromatic heterocycles. The Bertz CT molecular complexity index is 1040. The molecule has 12 atom stereocenters. The number of esters is 1. The van der Waals surface area contributed by atoms with E-state index in [1.54, 1.807) is 13.0 Å². The van der Waals surface area contributed by atoms with Crippen molar-refractivity contribution in [2.45, 2.75) is 120 Å². The van der Waals surface area contributed by atoms with E-state index in [-0.39, 0.29) is 36.2 Å². The first-order chi connectivity index (χ1) is 18.5. The average molecular weight is 550 g/mol. The van der Waals surface area contributed by atoms with Gasteiger partial charge in [-0.25, -0.2) is 4.79 Å². The van der Waals surface area contributed by atoms with Crippen LogP contribution in [0.3, 0.4) is 0 Å². The quantitative estimate of drug-likeness (QED) is 0.116. The van der Waals surface area contributed by atoms with E-state index in [4.69, 9.17) is 14.2 Å². The van der Waals surface area contributed by atoms with Crippen molar-refractivity contribution in [3.05, 3.63) is 11.6 Å². The van der Waals surface area contributed by atoms with Gasteiger partial charge in [0.05, 0.1) is 35.7 Å². The van der Waals surface area contributed by atoms with Gasteiger partial charge in [0.1, 0.15) is 12.7 Å². The van der Waals surface area contributed by atoms with Crippen LogP contribution < -0.4 is 0 Å². The number of fused-ring (bicyclic) bond motifs is 5. The maximum atomic E-state index is 12.4. The monoisotopic (exact) mass is 549 g/mol. The molecule has 4 saturated carbocycles. The van der Waals surface area contributed by atoms with Crippen molar-refractivity contribution in [1.29, 1.82) is 0 Å². The van der Waals surface area contributed by atoms with Crippen LogP contribution in [-0.4, -0.2) is 86.3 Å². The van der Waals surface area contributed by atoms with Crippen molar-refractivity contribution in [2.24, 2.45) is 33.7 Å². The van der Waals surface area contributed by atoms with Gasteiger partial charge in [0.15, 0.2) is 6.29 Å². The normalized spacial score (nSPS) is 53.6. The van der Waals surface area contributed by atoms with Crippen LogP contribution in [-0.2, 0) is 19.0 Å². The topological polar surface area (TPSA) is 158 Å². The fourth-order valence-electron chi connectivity index (χ4n) is 9.89. The van der Waals surface area contributed by atoms with E-state index < -0.39 is 46.6 Å². The lowest BCUT2D eigenvalue weighted by atomic mass is 9.41. The van der Waals surface area contributed by atoms with E-state index in [1.807, 2.05) is 0 Å². The lowest BCUT2D eigenvalue weighted by molar-refractivity contribution is -0.282. The highest BCUT2D eigenvalue weighted by Gasteiger charge is 2.71. The second-order valence-corrected chi connectivity index (χ2v) is 13.4. The van der Waals surface area contributed by atoms with E-state index in [1.165, 1.54) is 6.21 Å². The first-order valence-electron chi connectivity index (χ1n) is 14.6. The number of nitrogens with zero attached hydrogens (tertiary/aromatic N) is 1. The van der Waals surface area contributed by atoms with Gasteiger partial charge in [-0.15, -0.1) is 5.16 Å². The maximum Gasteiger partial charge on any atom is 0.331 e. The van der Waals surface area contributed by atoms with E-state index in [9.17, 15) is 30.4 Å². The van der Waals surface area contributed by atoms with Crippen LogP contribution in [0, 0.1) is 28.6 Å². The molecule has 0 radical (unpaired) electrons. The number of oxime groups is 1. The summed E-state index contributed by atoms with van der Waals surface area (Å²) in [4.78, 5) is 11.8. The minimum atomic E-state index is -1.18. The molecular formula is C29H43NO9. The number of hydrogen-bond acceptors (Lipinski definition) is 10. The number of cyclic esters (lactones) is 1. The van der Waals surface area contributed by atoms with Crippen LogP contribution in [0.1, 0.15) is 78.1 Å². The van der Waals surface area contributed by atoms with Crippen LogP contribution in [0.4, 0.5) is 0 Å². The Morgan fingerprint density at radius 2 is 1.85 bits per heavy atom. The number of aliphatic hydroxyl groups is 4. The molecule has 0 amide bonds. The minimum absolute atomic E-state index is 0.0664. The SMILES string of the molecule is C[C@@H]1O[C@H](O[C@H]2CC[C@]3(/C=N\O)[C@H]4CC[C@]5(C)[C@@H](C6=CC(=O)OC6)CC[C@]5(O)[C@@H]4CC[C@]3(O)C2)C[C@H](O)[C@@H]1O. The lowest BCUT2D eigenvalue weighted by Crippen LogP contribution is -2.69. The Balaban J connectivity index is 1.24. The van der Waals surface area contributed by atoms with Gasteiger partial charge in [-0.05, 0) is 81.6 Å². The van der Waals surface area contributed by atoms with Gasteiger partial charge in [-0.3, -0.25) is 0 Å². The van der Waals surface area contributed by atoms with E-state index in [0.29, 0.717) is 45.1 Å². The highest BCUT2D eigenvalue weighted by atomic mass is 16.7. The van der Waals surface area contributed by atoms with Crippen LogP contribution >= 0.6 is 0 Å². The lowest BCUT2D eigenvalue weighted by Gasteiger charge is -2.65. The van der Waals surface area contributed by atoms with Crippen LogP contribution in [0.25, 0.3) is 0 Å². The van der Waals surface area contributed by atoms with Crippen LogP contribution in [0.5, 0.6) is 0 Å². The number of hydrogen-bond donors (Lipinski definition) is 5. The van der Waals surface area contributed by atoms with E-state index in [2.05, 4.69) is 12.1 Å². The summed E-state index contributed by atoms with van der Waals surface area (Å²) in [7, 11) is 0. The van der Waals surface area contributed by atoms with Gasteiger partial charge in [0, 0.05) is 29.7 Å². The predicted octanol–water partition coefficient (Wildman–Crippen LogP) is 2.04. The Kier molecular flexibility index (Phi) is 6.72. The molecule has 5 fully saturated rings. The first kappa shape index (κ1) is 27.6. The molecule has 1 saturated heterocycles. The number of ether oxygens (including phenoxy) is 3. The second kappa shape index (κ2) is 9.49. The van der Waals surface area contributed by atoms with Gasteiger partial charge in [0.2, 0.25) is 0 Å². The average Bonchev–Trinajstić information content (AvgIpc) is 3.42. The molecule has 39 heavy (non-hydrogen) atoms. The third-order valence-electron chi connectivity index (χ3n) is 11.9. The van der Waals surface area contributed by atoms with Crippen molar-refractivity contribution < 1.29 is 44.6 Å². The molecule has 6 aliphatic rings. The molecule has 6 rings (SSSR count). The highest BCUT2D eigenvalue weighted by Crippen LogP contribution is 2.70. The zero-order valence-electron chi connectivity index (χ0n) is 22.9. The molecular weight excluding hydrogens is 506 g/mol. The molecule has 0 bridgehead atoms. The van der Waals surface area contributed by atoms with Crippen molar-refractivity contribution in [3.8, 4) is 0 Å². The summed E-state index contributed by atoms with van der Waals surface area (Å²) < 4.78 is 17.2. The molecule has 0 unspecified atom stereocenters. The largest absolute Gasteiger partial charge is 0.458 e. The summed E-state index contributed by atoms with van der Waals surface area (Å²) in [5.74, 6) is -0.372. The molecule has 4 aliphatic carbocycles. The smallest absolute Gasteiger partial charge is 0.331 e. The van der Waals surface area contributed by atoms with Gasteiger partial charge < -0.3 is 39.8 Å². The molecule has 218 valence electrons. The summed E-state index contributed by atoms with van der Waals surface area (Å²) in [5.41, 5.74) is -2.37. The number of carbonyl (C=O) groups excluding carboxylic acids is 1. The molecule has 10 heteroatoms. The Labute approximate surface area is 229 Å². The molecule has 0 aromatic rings. The minimum Gasteiger partial charge on any atom is -0.458 e. The Morgan fingerprint density at radius 3 is 2.54 bits per heavy atom. The zero-order valence-corrected chi connectivity index (χ0v) is 22.9. The van der Waals surface area contributed by atoms with Gasteiger partial charge in [0.25, 0.3) is 0 Å². The maximum absolute atomic E-state index is 12.4. The third kappa shape index (κ3) is 3.96. The molecule has 10 nitrogen and oxygen atoms in total. The van der Waals surface area contributed by atoms with Crippen molar-refractivity contribution >= 4 is 12.2 Å². The fourth-order valence-corrected chi connectivity index (χ4v) is 9.89. The third-order valence-corrected chi connectivity index (χ3v) is 11.9. The van der Waals surface area contributed by atoms with Gasteiger partial charge in [-0.2, -0.15) is 0 Å². The molecule has 5 N–H and O–H groups in total. The molecule has 0 aromatic carbocycles. The van der Waals surface area contributed by atoms with E-state index >= 15 is 0 Å². The van der Waals surface area contributed by atoms with Gasteiger partial charge in [-0.1, -0.05) is 6.92 Å². The Hall–Kier alpha value is -1.56. The highest BCUT2D eigenvalue weighted by molar-refractivity contribution is 5.85. The van der Waals surface area contributed by atoms with Gasteiger partial charge >= 0.3 is 5.97 Å². The molecule has 0 spiro atoms. The van der Waals surface area contributed by atoms with E-state index in [0.717, 1.165) is 24.8 Å². The standard InChI is InChI=1S/C29H43NO9/c1-16-25(33)22(31)12-24(38-16)39-18-3-8-27(15-30-36)20-4-7-26(2)19(17-11-23(32)37-14-17)6-10-29(26,35)21(20)5-9-28(27,34)13-18/h11,15-16,18-22,24-25,31,33-36H,3-10,12-14H2,1-2H3/b30-15-/t16-,18-,19+,20-,21+,22-,24+,25+,26+,27-,28-,29-/m0/s1. The molecule has 2 heterocycles. The van der Waals surface area contributed by atoms with Crippen LogP contribution in [0.15, 0.2) is 16.8 Å². The fraction of sp³-hybridized carbons (Fsp3) is 0.862. The summed E-state index contributed by atoms with van der Waals surface area (Å²) in [6.07, 6.45) is 5.36. The second-order valence-electron chi connectivity index (χ2n) is 13.4.